The summed E-state index contributed by atoms with van der Waals surface area (Å²) < 4.78 is 17.4. The van der Waals surface area contributed by atoms with Crippen molar-refractivity contribution >= 4 is 17.0 Å². The molecule has 0 atom stereocenters. The van der Waals surface area contributed by atoms with Crippen molar-refractivity contribution < 1.29 is 18.7 Å². The van der Waals surface area contributed by atoms with Gasteiger partial charge in [0, 0.05) is 20.1 Å². The van der Waals surface area contributed by atoms with Crippen molar-refractivity contribution in [3.05, 3.63) is 57.6 Å². The summed E-state index contributed by atoms with van der Waals surface area (Å²) >= 11 is 0. The summed E-state index contributed by atoms with van der Waals surface area (Å²) in [5.74, 6) is 0.690. The molecule has 1 amide bonds. The predicted octanol–water partition coefficient (Wildman–Crippen LogP) is 2.35. The van der Waals surface area contributed by atoms with Gasteiger partial charge in [-0.05, 0) is 41.8 Å². The van der Waals surface area contributed by atoms with E-state index >= 15 is 0 Å². The molecule has 1 aliphatic rings. The molecule has 3 aromatic rings. The van der Waals surface area contributed by atoms with Gasteiger partial charge in [-0.15, -0.1) is 0 Å². The Labute approximate surface area is 155 Å². The van der Waals surface area contributed by atoms with E-state index in [1.165, 1.54) is 4.57 Å². The zero-order chi connectivity index (χ0) is 19.1. The Kier molecular flexibility index (Phi) is 4.14. The van der Waals surface area contributed by atoms with Gasteiger partial charge in [-0.1, -0.05) is 6.07 Å². The van der Waals surface area contributed by atoms with Gasteiger partial charge in [0.2, 0.25) is 0 Å². The fourth-order valence-electron chi connectivity index (χ4n) is 3.55. The highest BCUT2D eigenvalue weighted by Crippen LogP contribution is 2.33. The normalized spacial score (nSPS) is 13.5. The van der Waals surface area contributed by atoms with E-state index in [4.69, 9.17) is 13.9 Å². The standard InChI is InChI=1S/C20H20N2O5/c1-21-15-6-4-5-14(18(15)27-20(21)24)19(23)22-8-7-12-9-16(25-2)17(26-3)10-13(12)11-22/h4-6,9-10H,7-8,11H2,1-3H3. The average molecular weight is 368 g/mol. The van der Waals surface area contributed by atoms with Gasteiger partial charge in [0.1, 0.15) is 0 Å². The predicted molar refractivity (Wildman–Crippen MR) is 99.4 cm³/mol. The number of carbonyl (C=O) groups excluding carboxylic acids is 1. The number of fused-ring (bicyclic) bond motifs is 2. The lowest BCUT2D eigenvalue weighted by Crippen LogP contribution is -2.36. The molecule has 0 N–H and O–H groups in total. The highest BCUT2D eigenvalue weighted by molar-refractivity contribution is 6.04. The van der Waals surface area contributed by atoms with E-state index in [-0.39, 0.29) is 5.91 Å². The van der Waals surface area contributed by atoms with Crippen LogP contribution >= 0.6 is 0 Å². The Morgan fingerprint density at radius 3 is 2.52 bits per heavy atom. The van der Waals surface area contributed by atoms with E-state index in [1.807, 2.05) is 12.1 Å². The smallest absolute Gasteiger partial charge is 0.419 e. The first-order valence-corrected chi connectivity index (χ1v) is 8.65. The van der Waals surface area contributed by atoms with Gasteiger partial charge >= 0.3 is 5.76 Å². The zero-order valence-electron chi connectivity index (χ0n) is 15.4. The minimum absolute atomic E-state index is 0.157. The first kappa shape index (κ1) is 17.2. The maximum Gasteiger partial charge on any atom is 0.419 e. The van der Waals surface area contributed by atoms with Crippen LogP contribution in [0.15, 0.2) is 39.5 Å². The highest BCUT2D eigenvalue weighted by Gasteiger charge is 2.26. The highest BCUT2D eigenvalue weighted by atomic mass is 16.5. The number of aromatic nitrogens is 1. The van der Waals surface area contributed by atoms with Crippen molar-refractivity contribution in [3.8, 4) is 11.5 Å². The zero-order valence-corrected chi connectivity index (χ0v) is 15.4. The Morgan fingerprint density at radius 2 is 1.81 bits per heavy atom. The number of carbonyl (C=O) groups is 1. The molecule has 7 heteroatoms. The van der Waals surface area contributed by atoms with Crippen LogP contribution in [-0.4, -0.2) is 36.1 Å². The summed E-state index contributed by atoms with van der Waals surface area (Å²) in [6.45, 7) is 1.04. The molecule has 0 bridgehead atoms. The molecule has 2 heterocycles. The molecule has 4 rings (SSSR count). The summed E-state index contributed by atoms with van der Waals surface area (Å²) in [5, 5.41) is 0. The molecule has 0 saturated carbocycles. The molecule has 0 aliphatic carbocycles. The number of methoxy groups -OCH3 is 2. The quantitative estimate of drug-likeness (QED) is 0.709. The van der Waals surface area contributed by atoms with Gasteiger partial charge in [-0.2, -0.15) is 0 Å². The van der Waals surface area contributed by atoms with Crippen molar-refractivity contribution in [3.63, 3.8) is 0 Å². The molecule has 140 valence electrons. The third-order valence-electron chi connectivity index (χ3n) is 5.05. The van der Waals surface area contributed by atoms with Gasteiger partial charge in [0.25, 0.3) is 5.91 Å². The monoisotopic (exact) mass is 368 g/mol. The third-order valence-corrected chi connectivity index (χ3v) is 5.05. The fraction of sp³-hybridized carbons (Fsp3) is 0.300. The lowest BCUT2D eigenvalue weighted by atomic mass is 9.98. The molecule has 0 radical (unpaired) electrons. The molecule has 0 unspecified atom stereocenters. The first-order valence-electron chi connectivity index (χ1n) is 8.65. The fourth-order valence-corrected chi connectivity index (χ4v) is 3.55. The number of ether oxygens (including phenoxy) is 2. The molecule has 1 aromatic heterocycles. The number of rotatable bonds is 3. The van der Waals surface area contributed by atoms with E-state index in [0.29, 0.717) is 41.3 Å². The Morgan fingerprint density at radius 1 is 1.11 bits per heavy atom. The van der Waals surface area contributed by atoms with Crippen LogP contribution in [0, 0.1) is 0 Å². The van der Waals surface area contributed by atoms with Gasteiger partial charge < -0.3 is 18.8 Å². The molecule has 27 heavy (non-hydrogen) atoms. The number of oxazole rings is 1. The molecule has 0 saturated heterocycles. The van der Waals surface area contributed by atoms with E-state index in [2.05, 4.69) is 0 Å². The molecule has 7 nitrogen and oxygen atoms in total. The third kappa shape index (κ3) is 2.75. The summed E-state index contributed by atoms with van der Waals surface area (Å²) in [6, 6.07) is 9.09. The van der Waals surface area contributed by atoms with Crippen molar-refractivity contribution in [2.75, 3.05) is 20.8 Å². The second kappa shape index (κ2) is 6.50. The maximum atomic E-state index is 13.1. The molecular formula is C20H20N2O5. The maximum absolute atomic E-state index is 13.1. The van der Waals surface area contributed by atoms with E-state index in [1.54, 1.807) is 44.4 Å². The SMILES string of the molecule is COc1cc2c(cc1OC)CN(C(=O)c1cccc3c1oc(=O)n3C)CC2. The van der Waals surface area contributed by atoms with Gasteiger partial charge in [-0.3, -0.25) is 9.36 Å². The second-order valence-electron chi connectivity index (χ2n) is 6.53. The lowest BCUT2D eigenvalue weighted by molar-refractivity contribution is 0.0735. The Bertz CT molecular complexity index is 1100. The van der Waals surface area contributed by atoms with Gasteiger partial charge in [-0.25, -0.2) is 4.79 Å². The van der Waals surface area contributed by atoms with Crippen LogP contribution < -0.4 is 15.2 Å². The number of benzene rings is 2. The largest absolute Gasteiger partial charge is 0.493 e. The van der Waals surface area contributed by atoms with Crippen LogP contribution in [0.25, 0.3) is 11.1 Å². The van der Waals surface area contributed by atoms with Crippen molar-refractivity contribution in [2.45, 2.75) is 13.0 Å². The minimum atomic E-state index is -0.480. The van der Waals surface area contributed by atoms with Crippen LogP contribution in [0.4, 0.5) is 0 Å². The topological polar surface area (TPSA) is 73.9 Å². The van der Waals surface area contributed by atoms with E-state index < -0.39 is 5.76 Å². The number of para-hydroxylation sites is 1. The summed E-state index contributed by atoms with van der Waals surface area (Å²) in [4.78, 5) is 26.7. The summed E-state index contributed by atoms with van der Waals surface area (Å²) in [6.07, 6.45) is 0.718. The summed E-state index contributed by atoms with van der Waals surface area (Å²) in [5.41, 5.74) is 3.49. The van der Waals surface area contributed by atoms with Crippen LogP contribution in [0.5, 0.6) is 11.5 Å². The van der Waals surface area contributed by atoms with Crippen LogP contribution in [0.2, 0.25) is 0 Å². The Balaban J connectivity index is 1.69. The van der Waals surface area contributed by atoms with Crippen LogP contribution in [0.1, 0.15) is 21.5 Å². The number of amides is 1. The molecular weight excluding hydrogens is 348 g/mol. The number of hydrogen-bond donors (Lipinski definition) is 0. The van der Waals surface area contributed by atoms with Gasteiger partial charge in [0.15, 0.2) is 17.1 Å². The molecule has 0 fully saturated rings. The molecule has 0 spiro atoms. The Hall–Kier alpha value is -3.22. The molecule has 2 aromatic carbocycles. The van der Waals surface area contributed by atoms with Crippen molar-refractivity contribution in [1.29, 1.82) is 0 Å². The van der Waals surface area contributed by atoms with E-state index in [9.17, 15) is 9.59 Å². The first-order chi connectivity index (χ1) is 13.0. The number of hydrogen-bond acceptors (Lipinski definition) is 5. The van der Waals surface area contributed by atoms with Gasteiger partial charge in [0.05, 0.1) is 25.3 Å². The van der Waals surface area contributed by atoms with Crippen molar-refractivity contribution in [2.24, 2.45) is 7.05 Å². The lowest BCUT2D eigenvalue weighted by Gasteiger charge is -2.29. The molecule has 1 aliphatic heterocycles. The van der Waals surface area contributed by atoms with Crippen LogP contribution in [-0.2, 0) is 20.0 Å². The minimum Gasteiger partial charge on any atom is -0.493 e. The second-order valence-corrected chi connectivity index (χ2v) is 6.53. The van der Waals surface area contributed by atoms with E-state index in [0.717, 1.165) is 17.5 Å². The average Bonchev–Trinajstić information content (AvgIpc) is 2.99. The number of aryl methyl sites for hydroxylation is 1. The summed E-state index contributed by atoms with van der Waals surface area (Å²) in [7, 11) is 4.82. The number of nitrogens with zero attached hydrogens (tertiary/aromatic N) is 2. The van der Waals surface area contributed by atoms with Crippen molar-refractivity contribution in [1.82, 2.24) is 9.47 Å². The van der Waals surface area contributed by atoms with Crippen LogP contribution in [0.3, 0.4) is 0 Å².